The van der Waals surface area contributed by atoms with E-state index in [1.165, 1.54) is 6.92 Å². The van der Waals surface area contributed by atoms with E-state index in [1.54, 1.807) is 0 Å². The normalized spacial score (nSPS) is 15.1. The summed E-state index contributed by atoms with van der Waals surface area (Å²) in [5.41, 5.74) is 0. The van der Waals surface area contributed by atoms with Crippen LogP contribution in [0, 0.1) is 0 Å². The van der Waals surface area contributed by atoms with Crippen LogP contribution in [0.5, 0.6) is 0 Å². The smallest absolute Gasteiger partial charge is 0.281 e. The third kappa shape index (κ3) is 2.84. The van der Waals surface area contributed by atoms with Gasteiger partial charge < -0.3 is 0 Å². The molecule has 0 amide bonds. The van der Waals surface area contributed by atoms with E-state index in [0.29, 0.717) is 0 Å². The molecular formula is C7H10F6O3S. The molecule has 1 N–H and O–H groups in total. The third-order valence-electron chi connectivity index (χ3n) is 1.99. The Labute approximate surface area is 93.6 Å². The van der Waals surface area contributed by atoms with Crippen LogP contribution >= 0.6 is 0 Å². The predicted molar refractivity (Wildman–Crippen MR) is 45.9 cm³/mol. The summed E-state index contributed by atoms with van der Waals surface area (Å²) in [5.74, 6) is -11.4. The van der Waals surface area contributed by atoms with E-state index >= 15 is 0 Å². The van der Waals surface area contributed by atoms with Crippen molar-refractivity contribution in [1.82, 2.24) is 0 Å². The van der Waals surface area contributed by atoms with Gasteiger partial charge in [0.15, 0.2) is 0 Å². The number of unbranched alkanes of at least 4 members (excludes halogenated alkanes) is 1. The molecule has 0 bridgehead atoms. The van der Waals surface area contributed by atoms with Crippen molar-refractivity contribution < 1.29 is 39.3 Å². The standard InChI is InChI=1S/C7H10F6O3S/c1-2-3-4-5(8,9)6(10,11)7(12,13)17(14,15)16/h2-4H2,1H3,(H,14,15,16). The average Bonchev–Trinajstić information content (AvgIpc) is 2.12. The van der Waals surface area contributed by atoms with Gasteiger partial charge in [0.05, 0.1) is 0 Å². The van der Waals surface area contributed by atoms with E-state index in [1.807, 2.05) is 0 Å². The summed E-state index contributed by atoms with van der Waals surface area (Å²) in [5, 5.41) is -6.24. The van der Waals surface area contributed by atoms with Crippen molar-refractivity contribution in [2.24, 2.45) is 0 Å². The van der Waals surface area contributed by atoms with Crippen molar-refractivity contribution >= 4 is 10.1 Å². The second kappa shape index (κ2) is 4.63. The molecule has 0 spiro atoms. The molecule has 3 nitrogen and oxygen atoms in total. The Morgan fingerprint density at radius 1 is 1.06 bits per heavy atom. The predicted octanol–water partition coefficient (Wildman–Crippen LogP) is 2.93. The second-order valence-corrected chi connectivity index (χ2v) is 4.84. The number of hydrogen-bond donors (Lipinski definition) is 1. The zero-order valence-electron chi connectivity index (χ0n) is 8.56. The van der Waals surface area contributed by atoms with E-state index < -0.39 is 40.1 Å². The summed E-state index contributed by atoms with van der Waals surface area (Å²) in [4.78, 5) is 0. The molecule has 0 atom stereocenters. The van der Waals surface area contributed by atoms with Crippen molar-refractivity contribution in [1.29, 1.82) is 0 Å². The molecule has 0 aromatic rings. The minimum absolute atomic E-state index is 0.0309. The Bertz CT molecular complexity index is 364. The number of halogens is 6. The van der Waals surface area contributed by atoms with Crippen LogP contribution in [0.4, 0.5) is 26.3 Å². The van der Waals surface area contributed by atoms with Crippen molar-refractivity contribution in [3.63, 3.8) is 0 Å². The fourth-order valence-corrected chi connectivity index (χ4v) is 1.40. The minimum atomic E-state index is -6.63. The largest absolute Gasteiger partial charge is 0.437 e. The topological polar surface area (TPSA) is 54.4 Å². The molecule has 17 heavy (non-hydrogen) atoms. The lowest BCUT2D eigenvalue weighted by Gasteiger charge is -2.30. The average molecular weight is 288 g/mol. The van der Waals surface area contributed by atoms with Gasteiger partial charge in [0, 0.05) is 6.42 Å². The molecule has 104 valence electrons. The van der Waals surface area contributed by atoms with Gasteiger partial charge in [-0.15, -0.1) is 0 Å². The summed E-state index contributed by atoms with van der Waals surface area (Å²) >= 11 is 0. The van der Waals surface area contributed by atoms with E-state index in [0.717, 1.165) is 0 Å². The van der Waals surface area contributed by atoms with Crippen LogP contribution in [0.15, 0.2) is 0 Å². The minimum Gasteiger partial charge on any atom is -0.281 e. The molecule has 0 aliphatic carbocycles. The van der Waals surface area contributed by atoms with Crippen LogP contribution in [0.25, 0.3) is 0 Å². The van der Waals surface area contributed by atoms with Crippen molar-refractivity contribution in [3.05, 3.63) is 0 Å². The lowest BCUT2D eigenvalue weighted by Crippen LogP contribution is -2.57. The molecule has 0 saturated heterocycles. The molecule has 0 saturated carbocycles. The zero-order chi connectivity index (χ0) is 14.1. The van der Waals surface area contributed by atoms with Crippen LogP contribution in [0.1, 0.15) is 26.2 Å². The molecule has 0 aromatic heterocycles. The molecule has 10 heteroatoms. The molecule has 0 heterocycles. The van der Waals surface area contributed by atoms with Crippen LogP contribution in [0.3, 0.4) is 0 Å². The van der Waals surface area contributed by atoms with Gasteiger partial charge in [0.25, 0.3) is 0 Å². The first-order valence-electron chi connectivity index (χ1n) is 4.41. The van der Waals surface area contributed by atoms with E-state index in [9.17, 15) is 34.8 Å². The Kier molecular flexibility index (Phi) is 4.50. The van der Waals surface area contributed by atoms with Crippen molar-refractivity contribution in [2.45, 2.75) is 43.3 Å². The highest BCUT2D eigenvalue weighted by Crippen LogP contribution is 2.49. The highest BCUT2D eigenvalue weighted by Gasteiger charge is 2.76. The lowest BCUT2D eigenvalue weighted by atomic mass is 10.1. The molecule has 0 rings (SSSR count). The van der Waals surface area contributed by atoms with Crippen LogP contribution in [0.2, 0.25) is 0 Å². The van der Waals surface area contributed by atoms with Gasteiger partial charge in [-0.05, 0) is 6.42 Å². The lowest BCUT2D eigenvalue weighted by molar-refractivity contribution is -0.282. The Morgan fingerprint density at radius 2 is 1.47 bits per heavy atom. The molecule has 0 radical (unpaired) electrons. The Hall–Kier alpha value is -0.510. The maximum absolute atomic E-state index is 12.8. The zero-order valence-corrected chi connectivity index (χ0v) is 9.38. The fraction of sp³-hybridized carbons (Fsp3) is 1.00. The monoisotopic (exact) mass is 288 g/mol. The quantitative estimate of drug-likeness (QED) is 0.604. The van der Waals surface area contributed by atoms with Crippen LogP contribution < -0.4 is 0 Å². The molecular weight excluding hydrogens is 278 g/mol. The van der Waals surface area contributed by atoms with Gasteiger partial charge in [0.2, 0.25) is 0 Å². The Balaban J connectivity index is 5.39. The SMILES string of the molecule is CCCCC(F)(F)C(F)(F)C(F)(F)S(=O)(=O)O. The van der Waals surface area contributed by atoms with Gasteiger partial charge in [-0.25, -0.2) is 0 Å². The van der Waals surface area contributed by atoms with Gasteiger partial charge in [-0.1, -0.05) is 13.3 Å². The highest BCUT2D eigenvalue weighted by atomic mass is 32.2. The third-order valence-corrected chi connectivity index (χ3v) is 2.90. The summed E-state index contributed by atoms with van der Waals surface area (Å²) in [6, 6.07) is 0. The number of hydrogen-bond acceptors (Lipinski definition) is 2. The Morgan fingerprint density at radius 3 is 1.76 bits per heavy atom. The van der Waals surface area contributed by atoms with Gasteiger partial charge in [-0.3, -0.25) is 4.55 Å². The highest BCUT2D eigenvalue weighted by molar-refractivity contribution is 7.87. The number of alkyl halides is 6. The fourth-order valence-electron chi connectivity index (χ4n) is 0.931. The summed E-state index contributed by atoms with van der Waals surface area (Å²) in [7, 11) is -6.63. The van der Waals surface area contributed by atoms with Gasteiger partial charge in [-0.2, -0.15) is 34.8 Å². The van der Waals surface area contributed by atoms with E-state index in [4.69, 9.17) is 4.55 Å². The van der Waals surface area contributed by atoms with Gasteiger partial charge in [0.1, 0.15) is 0 Å². The van der Waals surface area contributed by atoms with Crippen molar-refractivity contribution in [2.75, 3.05) is 0 Å². The van der Waals surface area contributed by atoms with Gasteiger partial charge >= 0.3 is 27.2 Å². The maximum atomic E-state index is 12.8. The van der Waals surface area contributed by atoms with Crippen molar-refractivity contribution in [3.8, 4) is 0 Å². The molecule has 0 aromatic carbocycles. The molecule has 0 unspecified atom stereocenters. The molecule has 0 aliphatic rings. The van der Waals surface area contributed by atoms with Crippen LogP contribution in [-0.4, -0.2) is 30.1 Å². The molecule has 0 aliphatic heterocycles. The first-order chi connectivity index (χ1) is 7.31. The first kappa shape index (κ1) is 16.5. The molecule has 0 fully saturated rings. The summed E-state index contributed by atoms with van der Waals surface area (Å²) < 4.78 is 104. The van der Waals surface area contributed by atoms with E-state index in [2.05, 4.69) is 0 Å². The van der Waals surface area contributed by atoms with E-state index in [-0.39, 0.29) is 6.42 Å². The second-order valence-electron chi connectivity index (χ2n) is 3.37. The first-order valence-corrected chi connectivity index (χ1v) is 5.85. The van der Waals surface area contributed by atoms with Crippen LogP contribution in [-0.2, 0) is 10.1 Å². The number of rotatable bonds is 6. The summed E-state index contributed by atoms with van der Waals surface area (Å²) in [6.45, 7) is 1.36. The maximum Gasteiger partial charge on any atom is 0.437 e. The summed E-state index contributed by atoms with van der Waals surface area (Å²) in [6.07, 6.45) is -2.07.